The lowest BCUT2D eigenvalue weighted by molar-refractivity contribution is -0.136. The molecule has 1 atom stereocenters. The van der Waals surface area contributed by atoms with Gasteiger partial charge in [0.25, 0.3) is 5.91 Å². The normalized spacial score (nSPS) is 12.0. The van der Waals surface area contributed by atoms with Crippen molar-refractivity contribution in [2.45, 2.75) is 37.3 Å². The first-order chi connectivity index (χ1) is 11.4. The summed E-state index contributed by atoms with van der Waals surface area (Å²) in [5.74, 6) is -0.371. The Balaban J connectivity index is 2.01. The molecular weight excluding hydrogens is 328 g/mol. The number of carbonyl (C=O) groups is 2. The quantitative estimate of drug-likeness (QED) is 0.748. The minimum atomic E-state index is -0.909. The molecule has 1 unspecified atom stereocenters. The molecule has 7 heteroatoms. The van der Waals surface area contributed by atoms with Gasteiger partial charge in [-0.3, -0.25) is 9.59 Å². The van der Waals surface area contributed by atoms with Crippen molar-refractivity contribution in [1.29, 1.82) is 0 Å². The number of aliphatic carboxylic acids is 1. The molecule has 1 heterocycles. The van der Waals surface area contributed by atoms with E-state index in [-0.39, 0.29) is 5.91 Å². The number of benzene rings is 1. The Hall–Kier alpha value is -2.28. The molecular formula is C17H20N2O4S. The Morgan fingerprint density at radius 2 is 2.04 bits per heavy atom. The maximum absolute atomic E-state index is 12.4. The van der Waals surface area contributed by atoms with E-state index in [0.29, 0.717) is 23.4 Å². The molecule has 1 aromatic heterocycles. The molecule has 0 aliphatic rings. The van der Waals surface area contributed by atoms with E-state index in [0.717, 1.165) is 28.8 Å². The number of carbonyl (C=O) groups excluding carboxylic acids is 1. The number of hydrogen-bond donors (Lipinski definition) is 2. The Kier molecular flexibility index (Phi) is 6.03. The number of nitrogens with one attached hydrogen (secondary N) is 1. The summed E-state index contributed by atoms with van der Waals surface area (Å²) in [6, 6.07) is 7.01. The molecule has 0 saturated heterocycles. The van der Waals surface area contributed by atoms with Crippen LogP contribution in [0.2, 0.25) is 0 Å². The average Bonchev–Trinajstić information content (AvgIpc) is 2.87. The first-order valence-electron chi connectivity index (χ1n) is 7.58. The number of rotatable bonds is 7. The van der Waals surface area contributed by atoms with Crippen LogP contribution in [-0.4, -0.2) is 33.9 Å². The van der Waals surface area contributed by atoms with Crippen molar-refractivity contribution in [3.05, 3.63) is 46.8 Å². The molecule has 0 spiro atoms. The van der Waals surface area contributed by atoms with Gasteiger partial charge in [0.15, 0.2) is 0 Å². The van der Waals surface area contributed by atoms with E-state index in [1.54, 1.807) is 31.2 Å². The van der Waals surface area contributed by atoms with Crippen molar-refractivity contribution >= 4 is 23.6 Å². The Morgan fingerprint density at radius 3 is 2.67 bits per heavy atom. The summed E-state index contributed by atoms with van der Waals surface area (Å²) in [4.78, 5) is 24.1. The number of amides is 1. The van der Waals surface area contributed by atoms with Crippen LogP contribution in [0.5, 0.6) is 0 Å². The molecule has 0 bridgehead atoms. The molecule has 0 saturated carbocycles. The topological polar surface area (TPSA) is 92.4 Å². The molecule has 2 N–H and O–H groups in total. The van der Waals surface area contributed by atoms with Crippen LogP contribution < -0.4 is 5.32 Å². The first kappa shape index (κ1) is 18.1. The second-order valence-electron chi connectivity index (χ2n) is 5.40. The maximum atomic E-state index is 12.4. The Labute approximate surface area is 144 Å². The second kappa shape index (κ2) is 8.01. The molecule has 24 heavy (non-hydrogen) atoms. The Morgan fingerprint density at radius 1 is 1.33 bits per heavy atom. The van der Waals surface area contributed by atoms with Crippen molar-refractivity contribution in [2.75, 3.05) is 6.54 Å². The molecule has 128 valence electrons. The van der Waals surface area contributed by atoms with Gasteiger partial charge in [0, 0.05) is 17.0 Å². The monoisotopic (exact) mass is 348 g/mol. The van der Waals surface area contributed by atoms with Crippen LogP contribution in [0.4, 0.5) is 0 Å². The molecule has 0 fully saturated rings. The standard InChI is InChI=1S/C17H20N2O4S/c1-10-13(11(2)23-19-10)8-9-18-16(20)14-6-4-5-7-15(14)24-12(3)17(21)22/h4-7,12H,8-9H2,1-3H3,(H,18,20)(H,21,22). The number of carboxylic acid groups (broad SMARTS) is 1. The van der Waals surface area contributed by atoms with Crippen molar-refractivity contribution in [3.63, 3.8) is 0 Å². The van der Waals surface area contributed by atoms with E-state index < -0.39 is 11.2 Å². The second-order valence-corrected chi connectivity index (χ2v) is 6.79. The fraction of sp³-hybridized carbons (Fsp3) is 0.353. The van der Waals surface area contributed by atoms with Gasteiger partial charge < -0.3 is 14.9 Å². The molecule has 6 nitrogen and oxygen atoms in total. The average molecular weight is 348 g/mol. The third kappa shape index (κ3) is 4.38. The lowest BCUT2D eigenvalue weighted by Gasteiger charge is -2.11. The van der Waals surface area contributed by atoms with E-state index in [4.69, 9.17) is 9.63 Å². The number of nitrogens with zero attached hydrogens (tertiary/aromatic N) is 1. The van der Waals surface area contributed by atoms with Crippen molar-refractivity contribution < 1.29 is 19.2 Å². The third-order valence-corrected chi connectivity index (χ3v) is 4.79. The summed E-state index contributed by atoms with van der Waals surface area (Å²) in [5.41, 5.74) is 2.31. The molecule has 0 radical (unpaired) electrons. The predicted molar refractivity (Wildman–Crippen MR) is 91.4 cm³/mol. The largest absolute Gasteiger partial charge is 0.480 e. The van der Waals surface area contributed by atoms with E-state index in [1.807, 2.05) is 13.8 Å². The van der Waals surface area contributed by atoms with E-state index in [2.05, 4.69) is 10.5 Å². The summed E-state index contributed by atoms with van der Waals surface area (Å²) in [6.07, 6.45) is 0.633. The SMILES string of the molecule is Cc1noc(C)c1CCNC(=O)c1ccccc1SC(C)C(=O)O. The van der Waals surface area contributed by atoms with Gasteiger partial charge in [0.05, 0.1) is 11.3 Å². The number of hydrogen-bond acceptors (Lipinski definition) is 5. The molecule has 0 aliphatic carbocycles. The number of thioether (sulfide) groups is 1. The molecule has 0 aliphatic heterocycles. The van der Waals surface area contributed by atoms with Crippen LogP contribution in [0.1, 0.15) is 34.3 Å². The van der Waals surface area contributed by atoms with Crippen LogP contribution >= 0.6 is 11.8 Å². The van der Waals surface area contributed by atoms with Crippen LogP contribution in [-0.2, 0) is 11.2 Å². The zero-order valence-corrected chi connectivity index (χ0v) is 14.6. The summed E-state index contributed by atoms with van der Waals surface area (Å²) in [5, 5.41) is 15.2. The zero-order chi connectivity index (χ0) is 17.7. The van der Waals surface area contributed by atoms with Gasteiger partial charge in [0.2, 0.25) is 0 Å². The van der Waals surface area contributed by atoms with Gasteiger partial charge in [-0.2, -0.15) is 0 Å². The summed E-state index contributed by atoms with van der Waals surface area (Å²) < 4.78 is 5.10. The third-order valence-electron chi connectivity index (χ3n) is 3.62. The Bertz CT molecular complexity index is 722. The number of aryl methyl sites for hydroxylation is 2. The smallest absolute Gasteiger partial charge is 0.316 e. The summed E-state index contributed by atoms with van der Waals surface area (Å²) in [7, 11) is 0. The highest BCUT2D eigenvalue weighted by atomic mass is 32.2. The number of aromatic nitrogens is 1. The van der Waals surface area contributed by atoms with Crippen LogP contribution in [0, 0.1) is 13.8 Å². The molecule has 1 aromatic carbocycles. The van der Waals surface area contributed by atoms with E-state index in [1.165, 1.54) is 0 Å². The van der Waals surface area contributed by atoms with Crippen molar-refractivity contribution in [3.8, 4) is 0 Å². The van der Waals surface area contributed by atoms with Crippen LogP contribution in [0.15, 0.2) is 33.7 Å². The van der Waals surface area contributed by atoms with Crippen molar-refractivity contribution in [1.82, 2.24) is 10.5 Å². The van der Waals surface area contributed by atoms with Crippen LogP contribution in [0.3, 0.4) is 0 Å². The summed E-state index contributed by atoms with van der Waals surface area (Å²) in [6.45, 7) is 5.76. The van der Waals surface area contributed by atoms with Gasteiger partial charge in [-0.25, -0.2) is 0 Å². The molecule has 2 aromatic rings. The van der Waals surface area contributed by atoms with E-state index in [9.17, 15) is 9.59 Å². The van der Waals surface area contributed by atoms with Gasteiger partial charge in [0.1, 0.15) is 11.0 Å². The minimum absolute atomic E-state index is 0.220. The maximum Gasteiger partial charge on any atom is 0.316 e. The van der Waals surface area contributed by atoms with Gasteiger partial charge in [-0.15, -0.1) is 11.8 Å². The highest BCUT2D eigenvalue weighted by molar-refractivity contribution is 8.00. The van der Waals surface area contributed by atoms with Crippen molar-refractivity contribution in [2.24, 2.45) is 0 Å². The minimum Gasteiger partial charge on any atom is -0.480 e. The first-order valence-corrected chi connectivity index (χ1v) is 8.46. The molecule has 1 amide bonds. The zero-order valence-electron chi connectivity index (χ0n) is 13.8. The highest BCUT2D eigenvalue weighted by Gasteiger charge is 2.18. The lowest BCUT2D eigenvalue weighted by Crippen LogP contribution is -2.26. The highest BCUT2D eigenvalue weighted by Crippen LogP contribution is 2.27. The lowest BCUT2D eigenvalue weighted by atomic mass is 10.1. The van der Waals surface area contributed by atoms with Gasteiger partial charge in [-0.05, 0) is 39.3 Å². The fourth-order valence-corrected chi connectivity index (χ4v) is 3.18. The van der Waals surface area contributed by atoms with Gasteiger partial charge >= 0.3 is 5.97 Å². The fourth-order valence-electron chi connectivity index (χ4n) is 2.25. The van der Waals surface area contributed by atoms with Gasteiger partial charge in [-0.1, -0.05) is 17.3 Å². The predicted octanol–water partition coefficient (Wildman–Crippen LogP) is 2.83. The summed E-state index contributed by atoms with van der Waals surface area (Å²) >= 11 is 1.16. The van der Waals surface area contributed by atoms with Crippen LogP contribution in [0.25, 0.3) is 0 Å². The number of carboxylic acids is 1. The van der Waals surface area contributed by atoms with E-state index >= 15 is 0 Å². The molecule has 2 rings (SSSR count).